The van der Waals surface area contributed by atoms with Crippen LogP contribution < -0.4 is 14.8 Å². The Morgan fingerprint density at radius 2 is 2.14 bits per heavy atom. The molecule has 22 heavy (non-hydrogen) atoms. The molecule has 0 aliphatic carbocycles. The van der Waals surface area contributed by atoms with E-state index in [2.05, 4.69) is 12.2 Å². The summed E-state index contributed by atoms with van der Waals surface area (Å²) in [7, 11) is 0. The number of rotatable bonds is 6. The highest BCUT2D eigenvalue weighted by Crippen LogP contribution is 2.39. The third-order valence-electron chi connectivity index (χ3n) is 4.70. The third-order valence-corrected chi connectivity index (χ3v) is 4.70. The summed E-state index contributed by atoms with van der Waals surface area (Å²) in [6, 6.07) is 5.82. The highest BCUT2D eigenvalue weighted by molar-refractivity contribution is 5.73. The van der Waals surface area contributed by atoms with Crippen molar-refractivity contribution in [3.8, 4) is 11.5 Å². The van der Waals surface area contributed by atoms with Crippen LogP contribution in [0.25, 0.3) is 0 Å². The maximum absolute atomic E-state index is 11.8. The summed E-state index contributed by atoms with van der Waals surface area (Å²) in [6.07, 6.45) is 4.30. The van der Waals surface area contributed by atoms with Crippen LogP contribution in [0.3, 0.4) is 0 Å². The largest absolute Gasteiger partial charge is 0.481 e. The first-order valence-corrected chi connectivity index (χ1v) is 8.06. The average molecular weight is 305 g/mol. The highest BCUT2D eigenvalue weighted by Gasteiger charge is 2.41. The molecule has 3 rings (SSSR count). The van der Waals surface area contributed by atoms with E-state index >= 15 is 0 Å². The van der Waals surface area contributed by atoms with Gasteiger partial charge in [-0.3, -0.25) is 4.79 Å². The van der Waals surface area contributed by atoms with E-state index in [4.69, 9.17) is 9.47 Å². The molecule has 0 spiro atoms. The second kappa shape index (κ2) is 6.57. The normalized spacial score (nSPS) is 26.3. The Morgan fingerprint density at radius 1 is 1.32 bits per heavy atom. The molecular formula is C17H23NO4. The van der Waals surface area contributed by atoms with Crippen LogP contribution >= 0.6 is 0 Å². The fourth-order valence-corrected chi connectivity index (χ4v) is 3.52. The van der Waals surface area contributed by atoms with Crippen molar-refractivity contribution in [3.05, 3.63) is 23.8 Å². The molecule has 0 bridgehead atoms. The lowest BCUT2D eigenvalue weighted by Gasteiger charge is -2.20. The first kappa shape index (κ1) is 15.2. The lowest BCUT2D eigenvalue weighted by atomic mass is 9.83. The molecule has 1 fully saturated rings. The number of hydrogen-bond donors (Lipinski definition) is 2. The summed E-state index contributed by atoms with van der Waals surface area (Å²) >= 11 is 0. The van der Waals surface area contributed by atoms with E-state index in [0.29, 0.717) is 6.54 Å². The predicted molar refractivity (Wildman–Crippen MR) is 82.4 cm³/mol. The number of fused-ring (bicyclic) bond motifs is 1. The van der Waals surface area contributed by atoms with E-state index in [1.807, 2.05) is 18.2 Å². The predicted octanol–water partition coefficient (Wildman–Crippen LogP) is 2.75. The number of hydrogen-bond acceptors (Lipinski definition) is 4. The Balaban J connectivity index is 1.76. The van der Waals surface area contributed by atoms with Gasteiger partial charge in [0.2, 0.25) is 6.79 Å². The molecule has 0 saturated carbocycles. The van der Waals surface area contributed by atoms with Gasteiger partial charge in [-0.1, -0.05) is 32.3 Å². The van der Waals surface area contributed by atoms with Gasteiger partial charge in [0.15, 0.2) is 11.5 Å². The van der Waals surface area contributed by atoms with Crippen LogP contribution in [-0.2, 0) is 4.79 Å². The summed E-state index contributed by atoms with van der Waals surface area (Å²) in [5, 5.41) is 13.1. The van der Waals surface area contributed by atoms with Gasteiger partial charge < -0.3 is 19.9 Å². The average Bonchev–Trinajstić information content (AvgIpc) is 3.12. The number of benzene rings is 1. The van der Waals surface area contributed by atoms with Gasteiger partial charge in [-0.05, 0) is 24.1 Å². The number of carbonyl (C=O) groups is 1. The number of nitrogens with one attached hydrogen (secondary N) is 1. The molecular weight excluding hydrogens is 282 g/mol. The molecule has 120 valence electrons. The monoisotopic (exact) mass is 305 g/mol. The summed E-state index contributed by atoms with van der Waals surface area (Å²) < 4.78 is 10.7. The van der Waals surface area contributed by atoms with Gasteiger partial charge >= 0.3 is 5.97 Å². The minimum Gasteiger partial charge on any atom is -0.481 e. The van der Waals surface area contributed by atoms with E-state index < -0.39 is 5.97 Å². The van der Waals surface area contributed by atoms with Gasteiger partial charge in [-0.25, -0.2) is 0 Å². The molecule has 2 N–H and O–H groups in total. The lowest BCUT2D eigenvalue weighted by Crippen LogP contribution is -2.32. The molecule has 5 heteroatoms. The molecule has 0 aromatic heterocycles. The number of carboxylic acids is 1. The van der Waals surface area contributed by atoms with Crippen molar-refractivity contribution >= 4 is 5.97 Å². The van der Waals surface area contributed by atoms with Crippen molar-refractivity contribution in [1.29, 1.82) is 0 Å². The van der Waals surface area contributed by atoms with E-state index in [1.54, 1.807) is 0 Å². The van der Waals surface area contributed by atoms with Crippen LogP contribution in [0, 0.1) is 5.92 Å². The first-order chi connectivity index (χ1) is 10.7. The fraction of sp³-hybridized carbons (Fsp3) is 0.588. The molecule has 0 radical (unpaired) electrons. The Morgan fingerprint density at radius 3 is 2.91 bits per heavy atom. The highest BCUT2D eigenvalue weighted by atomic mass is 16.7. The van der Waals surface area contributed by atoms with Crippen LogP contribution in [0.2, 0.25) is 0 Å². The Bertz CT molecular complexity index is 545. The van der Waals surface area contributed by atoms with Crippen LogP contribution in [-0.4, -0.2) is 30.5 Å². The van der Waals surface area contributed by atoms with Crippen LogP contribution in [0.4, 0.5) is 0 Å². The summed E-state index contributed by atoms with van der Waals surface area (Å²) in [6.45, 7) is 3.10. The molecule has 1 saturated heterocycles. The van der Waals surface area contributed by atoms with Crippen molar-refractivity contribution in [2.45, 2.75) is 44.6 Å². The molecule has 1 aromatic rings. The van der Waals surface area contributed by atoms with Gasteiger partial charge in [0, 0.05) is 18.5 Å². The van der Waals surface area contributed by atoms with E-state index in [1.165, 1.54) is 0 Å². The van der Waals surface area contributed by atoms with E-state index in [0.717, 1.165) is 42.7 Å². The van der Waals surface area contributed by atoms with Gasteiger partial charge in [0.05, 0.1) is 5.92 Å². The Hall–Kier alpha value is -1.75. The van der Waals surface area contributed by atoms with Gasteiger partial charge in [-0.15, -0.1) is 0 Å². The number of unbranched alkanes of at least 4 members (excludes halogenated alkanes) is 2. The van der Waals surface area contributed by atoms with Crippen LogP contribution in [0.1, 0.15) is 44.1 Å². The smallest absolute Gasteiger partial charge is 0.308 e. The third kappa shape index (κ3) is 2.90. The number of carboxylic acid groups (broad SMARTS) is 1. The second-order valence-electron chi connectivity index (χ2n) is 6.09. The van der Waals surface area contributed by atoms with Crippen molar-refractivity contribution < 1.29 is 19.4 Å². The molecule has 3 unspecified atom stereocenters. The first-order valence-electron chi connectivity index (χ1n) is 8.06. The standard InChI is InChI=1S/C17H23NO4/c1-2-3-4-5-13-16(17(19)20)12(9-18-13)11-6-7-14-15(8-11)22-10-21-14/h6-8,12-13,16,18H,2-5,9-10H2,1H3,(H,19,20). The van der Waals surface area contributed by atoms with Gasteiger partial charge in [0.25, 0.3) is 0 Å². The summed E-state index contributed by atoms with van der Waals surface area (Å²) in [5.41, 5.74) is 1.02. The van der Waals surface area contributed by atoms with E-state index in [9.17, 15) is 9.90 Å². The van der Waals surface area contributed by atoms with Crippen molar-refractivity contribution in [2.75, 3.05) is 13.3 Å². The lowest BCUT2D eigenvalue weighted by molar-refractivity contribution is -0.142. The molecule has 2 aliphatic heterocycles. The molecule has 2 heterocycles. The fourth-order valence-electron chi connectivity index (χ4n) is 3.52. The Labute approximate surface area is 130 Å². The molecule has 5 nitrogen and oxygen atoms in total. The Kier molecular flexibility index (Phi) is 4.52. The minimum atomic E-state index is -0.714. The van der Waals surface area contributed by atoms with E-state index in [-0.39, 0.29) is 24.7 Å². The maximum Gasteiger partial charge on any atom is 0.308 e. The topological polar surface area (TPSA) is 67.8 Å². The SMILES string of the molecule is CCCCCC1NCC(c2ccc3c(c2)OCO3)C1C(=O)O. The van der Waals surface area contributed by atoms with Crippen molar-refractivity contribution in [3.63, 3.8) is 0 Å². The second-order valence-corrected chi connectivity index (χ2v) is 6.09. The molecule has 1 aromatic carbocycles. The van der Waals surface area contributed by atoms with Crippen LogP contribution in [0.5, 0.6) is 11.5 Å². The summed E-state index contributed by atoms with van der Waals surface area (Å²) in [4.78, 5) is 11.8. The summed E-state index contributed by atoms with van der Waals surface area (Å²) in [5.74, 6) is 0.349. The molecule has 2 aliphatic rings. The zero-order valence-corrected chi connectivity index (χ0v) is 12.9. The van der Waals surface area contributed by atoms with Crippen molar-refractivity contribution in [1.82, 2.24) is 5.32 Å². The number of aliphatic carboxylic acids is 1. The maximum atomic E-state index is 11.8. The van der Waals surface area contributed by atoms with Gasteiger partial charge in [-0.2, -0.15) is 0 Å². The zero-order valence-electron chi connectivity index (χ0n) is 12.9. The molecule has 0 amide bonds. The van der Waals surface area contributed by atoms with Crippen LogP contribution in [0.15, 0.2) is 18.2 Å². The minimum absolute atomic E-state index is 0.0152. The van der Waals surface area contributed by atoms with Crippen molar-refractivity contribution in [2.24, 2.45) is 5.92 Å². The zero-order chi connectivity index (χ0) is 15.5. The number of ether oxygens (including phenoxy) is 2. The molecule has 3 atom stereocenters. The quantitative estimate of drug-likeness (QED) is 0.791. The van der Waals surface area contributed by atoms with Gasteiger partial charge in [0.1, 0.15) is 0 Å².